The molecular weight excluding hydrogens is 230 g/mol. The molecule has 2 rings (SSSR count). The molecule has 96 valence electrons. The van der Waals surface area contributed by atoms with Crippen LogP contribution in [-0.2, 0) is 9.59 Å². The Kier molecular flexibility index (Phi) is 3.34. The quantitative estimate of drug-likeness (QED) is 0.819. The van der Waals surface area contributed by atoms with Crippen molar-refractivity contribution in [2.24, 2.45) is 5.73 Å². The molecule has 0 spiro atoms. The number of hydrogen-bond donors (Lipinski definition) is 2. The van der Waals surface area contributed by atoms with Crippen LogP contribution in [0.1, 0.15) is 18.9 Å². The van der Waals surface area contributed by atoms with Crippen molar-refractivity contribution >= 4 is 23.2 Å². The third-order valence-corrected chi connectivity index (χ3v) is 2.91. The smallest absolute Gasteiger partial charge is 0.228 e. The number of benzene rings is 1. The molecule has 5 nitrogen and oxygen atoms in total. The number of carbonyl (C=O) groups excluding carboxylic acids is 2. The maximum atomic E-state index is 11.9. The van der Waals surface area contributed by atoms with E-state index in [1.807, 2.05) is 25.1 Å². The lowest BCUT2D eigenvalue weighted by Gasteiger charge is -2.20. The summed E-state index contributed by atoms with van der Waals surface area (Å²) in [5, 5.41) is 2.74. The van der Waals surface area contributed by atoms with Crippen LogP contribution in [0.3, 0.4) is 0 Å². The van der Waals surface area contributed by atoms with Gasteiger partial charge in [0.15, 0.2) is 0 Å². The number of aryl methyl sites for hydroxylation is 1. The normalized spacial score (nSPS) is 19.2. The standard InChI is InChI=1S/C13H17N3O2/c1-8-3-4-11(15-9(2)17)12(5-8)16-7-10(14)6-13(16)18/h3-5,10H,6-7,14H2,1-2H3,(H,15,17). The molecule has 5 heteroatoms. The van der Waals surface area contributed by atoms with Gasteiger partial charge in [-0.3, -0.25) is 9.59 Å². The topological polar surface area (TPSA) is 75.4 Å². The van der Waals surface area contributed by atoms with E-state index in [9.17, 15) is 9.59 Å². The van der Waals surface area contributed by atoms with Crippen molar-refractivity contribution in [2.45, 2.75) is 26.3 Å². The molecule has 3 N–H and O–H groups in total. The number of nitrogens with one attached hydrogen (secondary N) is 1. The minimum atomic E-state index is -0.156. The van der Waals surface area contributed by atoms with Crippen LogP contribution in [0.5, 0.6) is 0 Å². The summed E-state index contributed by atoms with van der Waals surface area (Å²) >= 11 is 0. The van der Waals surface area contributed by atoms with E-state index >= 15 is 0 Å². The monoisotopic (exact) mass is 247 g/mol. The van der Waals surface area contributed by atoms with Crippen molar-refractivity contribution < 1.29 is 9.59 Å². The second-order valence-corrected chi connectivity index (χ2v) is 4.67. The van der Waals surface area contributed by atoms with Gasteiger partial charge in [0, 0.05) is 25.9 Å². The van der Waals surface area contributed by atoms with Crippen LogP contribution in [-0.4, -0.2) is 24.4 Å². The van der Waals surface area contributed by atoms with Crippen LogP contribution in [0.2, 0.25) is 0 Å². The molecule has 2 amide bonds. The Bertz CT molecular complexity index is 499. The van der Waals surface area contributed by atoms with Crippen LogP contribution < -0.4 is 16.0 Å². The van der Waals surface area contributed by atoms with Crippen molar-refractivity contribution in [1.82, 2.24) is 0 Å². The molecule has 1 aliphatic rings. The van der Waals surface area contributed by atoms with Crippen molar-refractivity contribution in [3.8, 4) is 0 Å². The highest BCUT2D eigenvalue weighted by Crippen LogP contribution is 2.30. The summed E-state index contributed by atoms with van der Waals surface area (Å²) in [5.74, 6) is -0.157. The van der Waals surface area contributed by atoms with Gasteiger partial charge < -0.3 is 16.0 Å². The summed E-state index contributed by atoms with van der Waals surface area (Å²) in [6, 6.07) is 5.46. The average Bonchev–Trinajstić information content (AvgIpc) is 2.60. The van der Waals surface area contributed by atoms with E-state index in [4.69, 9.17) is 5.73 Å². The molecule has 1 aromatic carbocycles. The molecule has 0 saturated carbocycles. The van der Waals surface area contributed by atoms with Gasteiger partial charge in [-0.05, 0) is 24.6 Å². The minimum Gasteiger partial charge on any atom is -0.326 e. The Morgan fingerprint density at radius 3 is 2.78 bits per heavy atom. The Morgan fingerprint density at radius 2 is 2.22 bits per heavy atom. The number of amides is 2. The summed E-state index contributed by atoms with van der Waals surface area (Å²) < 4.78 is 0. The van der Waals surface area contributed by atoms with E-state index in [1.165, 1.54) is 6.92 Å². The first-order valence-corrected chi connectivity index (χ1v) is 5.91. The molecular formula is C13H17N3O2. The number of carbonyl (C=O) groups is 2. The molecule has 1 aromatic rings. The zero-order valence-corrected chi connectivity index (χ0v) is 10.6. The molecule has 1 saturated heterocycles. The lowest BCUT2D eigenvalue weighted by molar-refractivity contribution is -0.117. The molecule has 1 aliphatic heterocycles. The van der Waals surface area contributed by atoms with Crippen molar-refractivity contribution in [3.63, 3.8) is 0 Å². The Morgan fingerprint density at radius 1 is 1.50 bits per heavy atom. The molecule has 0 aromatic heterocycles. The summed E-state index contributed by atoms with van der Waals surface area (Å²) in [4.78, 5) is 24.7. The highest BCUT2D eigenvalue weighted by Gasteiger charge is 2.29. The third kappa shape index (κ3) is 2.51. The van der Waals surface area contributed by atoms with Crippen LogP contribution in [0.15, 0.2) is 18.2 Å². The van der Waals surface area contributed by atoms with E-state index in [0.29, 0.717) is 18.7 Å². The molecule has 1 fully saturated rings. The highest BCUT2D eigenvalue weighted by atomic mass is 16.2. The predicted molar refractivity (Wildman–Crippen MR) is 70.4 cm³/mol. The average molecular weight is 247 g/mol. The molecule has 18 heavy (non-hydrogen) atoms. The maximum Gasteiger partial charge on any atom is 0.228 e. The van der Waals surface area contributed by atoms with Crippen molar-refractivity contribution in [3.05, 3.63) is 23.8 Å². The fraction of sp³-hybridized carbons (Fsp3) is 0.385. The summed E-state index contributed by atoms with van der Waals surface area (Å²) in [5.41, 5.74) is 8.20. The zero-order chi connectivity index (χ0) is 13.3. The fourth-order valence-electron chi connectivity index (χ4n) is 2.13. The first-order chi connectivity index (χ1) is 8.47. The number of hydrogen-bond acceptors (Lipinski definition) is 3. The maximum absolute atomic E-state index is 11.9. The van der Waals surface area contributed by atoms with E-state index in [-0.39, 0.29) is 17.9 Å². The van der Waals surface area contributed by atoms with Gasteiger partial charge in [-0.25, -0.2) is 0 Å². The second kappa shape index (κ2) is 4.78. The largest absolute Gasteiger partial charge is 0.326 e. The van der Waals surface area contributed by atoms with E-state index < -0.39 is 0 Å². The number of nitrogens with two attached hydrogens (primary N) is 1. The van der Waals surface area contributed by atoms with Gasteiger partial charge in [0.25, 0.3) is 0 Å². The molecule has 1 atom stereocenters. The van der Waals surface area contributed by atoms with Gasteiger partial charge in [-0.1, -0.05) is 6.07 Å². The van der Waals surface area contributed by atoms with E-state index in [2.05, 4.69) is 5.32 Å². The van der Waals surface area contributed by atoms with Gasteiger partial charge in [0.1, 0.15) is 0 Å². The first kappa shape index (κ1) is 12.6. The Labute approximate surface area is 106 Å². The van der Waals surface area contributed by atoms with Crippen molar-refractivity contribution in [2.75, 3.05) is 16.8 Å². The lowest BCUT2D eigenvalue weighted by atomic mass is 10.1. The Hall–Kier alpha value is -1.88. The molecule has 0 radical (unpaired) electrons. The van der Waals surface area contributed by atoms with Crippen molar-refractivity contribution in [1.29, 1.82) is 0 Å². The highest BCUT2D eigenvalue weighted by molar-refractivity contribution is 6.02. The van der Waals surface area contributed by atoms with Gasteiger partial charge in [0.05, 0.1) is 11.4 Å². The number of anilines is 2. The van der Waals surface area contributed by atoms with Gasteiger partial charge in [-0.2, -0.15) is 0 Å². The predicted octanol–water partition coefficient (Wildman–Crippen LogP) is 1.02. The second-order valence-electron chi connectivity index (χ2n) is 4.67. The number of nitrogens with zero attached hydrogens (tertiary/aromatic N) is 1. The Balaban J connectivity index is 2.38. The van der Waals surface area contributed by atoms with Gasteiger partial charge in [-0.15, -0.1) is 0 Å². The van der Waals surface area contributed by atoms with Gasteiger partial charge in [0.2, 0.25) is 11.8 Å². The van der Waals surface area contributed by atoms with E-state index in [1.54, 1.807) is 4.90 Å². The zero-order valence-electron chi connectivity index (χ0n) is 10.6. The summed E-state index contributed by atoms with van der Waals surface area (Å²) in [7, 11) is 0. The summed E-state index contributed by atoms with van der Waals surface area (Å²) in [6.45, 7) is 3.89. The molecule has 1 heterocycles. The van der Waals surface area contributed by atoms with Crippen LogP contribution >= 0.6 is 0 Å². The SMILES string of the molecule is CC(=O)Nc1ccc(C)cc1N1CC(N)CC1=O. The minimum absolute atomic E-state index is 0.000276. The molecule has 0 bridgehead atoms. The van der Waals surface area contributed by atoms with E-state index in [0.717, 1.165) is 11.3 Å². The third-order valence-electron chi connectivity index (χ3n) is 2.91. The first-order valence-electron chi connectivity index (χ1n) is 5.91. The summed E-state index contributed by atoms with van der Waals surface area (Å²) in [6.07, 6.45) is 0.355. The molecule has 0 aliphatic carbocycles. The number of rotatable bonds is 2. The van der Waals surface area contributed by atoms with Gasteiger partial charge >= 0.3 is 0 Å². The lowest BCUT2D eigenvalue weighted by Crippen LogP contribution is -2.29. The fourth-order valence-corrected chi connectivity index (χ4v) is 2.13. The van der Waals surface area contributed by atoms with Crippen LogP contribution in [0.25, 0.3) is 0 Å². The van der Waals surface area contributed by atoms with Crippen LogP contribution in [0, 0.1) is 6.92 Å². The van der Waals surface area contributed by atoms with Crippen LogP contribution in [0.4, 0.5) is 11.4 Å². The molecule has 1 unspecified atom stereocenters.